The maximum Gasteiger partial charge on any atom is 0.236 e. The van der Waals surface area contributed by atoms with Gasteiger partial charge in [0.15, 0.2) is 0 Å². The molecular weight excluding hydrogens is 406 g/mol. The first-order valence-electron chi connectivity index (χ1n) is 11.5. The summed E-state index contributed by atoms with van der Waals surface area (Å²) in [5, 5.41) is 8.92. The molecule has 0 N–H and O–H groups in total. The molecule has 1 aromatic carbocycles. The number of nitrogens with zero attached hydrogens (tertiary/aromatic N) is 5. The molecule has 1 aromatic rings. The van der Waals surface area contributed by atoms with E-state index in [1.54, 1.807) is 9.80 Å². The number of para-hydroxylation sites is 1. The molecule has 174 valence electrons. The second-order valence-corrected chi connectivity index (χ2v) is 7.87. The smallest absolute Gasteiger partial charge is 0.236 e. The van der Waals surface area contributed by atoms with Gasteiger partial charge in [-0.15, -0.1) is 0 Å². The van der Waals surface area contributed by atoms with Crippen LogP contribution in [0.25, 0.3) is 0 Å². The number of likely N-dealkylation sites (N-methyl/N-ethyl adjacent to an activating group) is 1. The third-order valence-electron chi connectivity index (χ3n) is 5.79. The van der Waals surface area contributed by atoms with Gasteiger partial charge in [0.05, 0.1) is 19.0 Å². The Hall–Kier alpha value is -2.92. The Morgan fingerprint density at radius 1 is 0.969 bits per heavy atom. The van der Waals surface area contributed by atoms with E-state index in [1.165, 1.54) is 0 Å². The summed E-state index contributed by atoms with van der Waals surface area (Å²) < 4.78 is 0. The van der Waals surface area contributed by atoms with Crippen molar-refractivity contribution in [3.63, 3.8) is 0 Å². The van der Waals surface area contributed by atoms with Crippen molar-refractivity contribution in [2.24, 2.45) is 0 Å². The molecule has 0 atom stereocenters. The summed E-state index contributed by atoms with van der Waals surface area (Å²) in [6.07, 6.45) is 1.30. The van der Waals surface area contributed by atoms with Crippen molar-refractivity contribution in [1.82, 2.24) is 14.7 Å². The van der Waals surface area contributed by atoms with Gasteiger partial charge < -0.3 is 14.7 Å². The minimum Gasteiger partial charge on any atom is -0.342 e. The highest BCUT2D eigenvalue weighted by molar-refractivity contribution is 5.95. The molecule has 1 heterocycles. The molecule has 1 aliphatic rings. The lowest BCUT2D eigenvalue weighted by Crippen LogP contribution is -2.42. The number of hydrogen-bond acceptors (Lipinski definition) is 5. The molecule has 0 bridgehead atoms. The Morgan fingerprint density at radius 3 is 2.34 bits per heavy atom. The predicted octanol–water partition coefficient (Wildman–Crippen LogP) is 2.12. The Bertz CT molecular complexity index is 789. The van der Waals surface area contributed by atoms with E-state index in [1.807, 2.05) is 49.1 Å². The van der Waals surface area contributed by atoms with Crippen molar-refractivity contribution in [3.8, 4) is 6.07 Å². The second-order valence-electron chi connectivity index (χ2n) is 7.87. The van der Waals surface area contributed by atoms with Gasteiger partial charge in [0.1, 0.15) is 0 Å². The summed E-state index contributed by atoms with van der Waals surface area (Å²) in [4.78, 5) is 45.3. The Morgan fingerprint density at radius 2 is 1.69 bits per heavy atom. The molecule has 0 aromatic heterocycles. The lowest BCUT2D eigenvalue weighted by atomic mass is 10.2. The molecule has 8 heteroatoms. The molecule has 0 saturated carbocycles. The summed E-state index contributed by atoms with van der Waals surface area (Å²) in [5.41, 5.74) is 0.739. The van der Waals surface area contributed by atoms with Crippen molar-refractivity contribution >= 4 is 23.4 Å². The zero-order valence-electron chi connectivity index (χ0n) is 19.3. The van der Waals surface area contributed by atoms with E-state index >= 15 is 0 Å². The van der Waals surface area contributed by atoms with Gasteiger partial charge in [-0.25, -0.2) is 0 Å². The molecule has 3 amide bonds. The molecule has 2 rings (SSSR count). The van der Waals surface area contributed by atoms with E-state index in [-0.39, 0.29) is 37.0 Å². The first-order valence-corrected chi connectivity index (χ1v) is 11.5. The average molecular weight is 442 g/mol. The molecule has 1 aliphatic heterocycles. The molecule has 8 nitrogen and oxygen atoms in total. The van der Waals surface area contributed by atoms with Gasteiger partial charge in [-0.3, -0.25) is 19.3 Å². The number of anilines is 1. The second kappa shape index (κ2) is 13.5. The summed E-state index contributed by atoms with van der Waals surface area (Å²) in [7, 11) is 0. The number of hydrogen-bond donors (Lipinski definition) is 0. The number of carbonyl (C=O) groups is 3. The van der Waals surface area contributed by atoms with Crippen LogP contribution in [0.5, 0.6) is 0 Å². The van der Waals surface area contributed by atoms with Crippen LogP contribution < -0.4 is 4.90 Å². The van der Waals surface area contributed by atoms with E-state index in [9.17, 15) is 14.4 Å². The molecule has 0 radical (unpaired) electrons. The summed E-state index contributed by atoms with van der Waals surface area (Å²) in [6, 6.07) is 11.3. The van der Waals surface area contributed by atoms with Crippen LogP contribution in [0.2, 0.25) is 0 Å². The quantitative estimate of drug-likeness (QED) is 0.555. The first-order chi connectivity index (χ1) is 15.5. The van der Waals surface area contributed by atoms with Gasteiger partial charge in [-0.05, 0) is 32.4 Å². The molecule has 1 fully saturated rings. The van der Waals surface area contributed by atoms with E-state index in [4.69, 9.17) is 5.26 Å². The number of amides is 3. The van der Waals surface area contributed by atoms with E-state index in [2.05, 4.69) is 11.0 Å². The average Bonchev–Trinajstić information content (AvgIpc) is 3.05. The van der Waals surface area contributed by atoms with Gasteiger partial charge in [-0.1, -0.05) is 18.2 Å². The van der Waals surface area contributed by atoms with Gasteiger partial charge in [0, 0.05) is 64.3 Å². The van der Waals surface area contributed by atoms with Crippen molar-refractivity contribution in [2.75, 3.05) is 57.3 Å². The summed E-state index contributed by atoms with van der Waals surface area (Å²) in [6.45, 7) is 8.70. The number of nitriles is 1. The van der Waals surface area contributed by atoms with Gasteiger partial charge >= 0.3 is 0 Å². The minimum atomic E-state index is -0.152. The van der Waals surface area contributed by atoms with E-state index < -0.39 is 0 Å². The van der Waals surface area contributed by atoms with Gasteiger partial charge in [0.25, 0.3) is 0 Å². The van der Waals surface area contributed by atoms with Crippen LogP contribution in [0.3, 0.4) is 0 Å². The van der Waals surface area contributed by atoms with Gasteiger partial charge in [-0.2, -0.15) is 5.26 Å². The number of carbonyl (C=O) groups excluding carboxylic acids is 3. The largest absolute Gasteiger partial charge is 0.342 e. The van der Waals surface area contributed by atoms with Crippen LogP contribution in [-0.2, 0) is 14.4 Å². The SMILES string of the molecule is CCN(CC)C(=O)CN1CCCN(C(=O)CCC(=O)N(CCC#N)c2ccccc2)CC1. The fourth-order valence-electron chi connectivity index (χ4n) is 3.92. The Balaban J connectivity index is 1.86. The summed E-state index contributed by atoms with van der Waals surface area (Å²) in [5.74, 6) is -0.0663. The molecule has 0 unspecified atom stereocenters. The standard InChI is InChI=1S/C24H35N5O3/c1-3-27(4-2)24(32)20-26-15-9-16-28(19-18-26)22(30)12-13-23(31)29(17-8-14-25)21-10-6-5-7-11-21/h5-7,10-11H,3-4,8-9,12-13,15-20H2,1-2H3. The normalized spacial score (nSPS) is 14.3. The zero-order chi connectivity index (χ0) is 23.3. The molecule has 32 heavy (non-hydrogen) atoms. The lowest BCUT2D eigenvalue weighted by Gasteiger charge is -2.25. The third-order valence-corrected chi connectivity index (χ3v) is 5.79. The maximum atomic E-state index is 12.8. The summed E-state index contributed by atoms with van der Waals surface area (Å²) >= 11 is 0. The molecular formula is C24H35N5O3. The predicted molar refractivity (Wildman–Crippen MR) is 124 cm³/mol. The van der Waals surface area contributed by atoms with E-state index in [0.717, 1.165) is 18.7 Å². The van der Waals surface area contributed by atoms with Crippen molar-refractivity contribution < 1.29 is 14.4 Å². The van der Waals surface area contributed by atoms with Crippen LogP contribution >= 0.6 is 0 Å². The highest BCUT2D eigenvalue weighted by Crippen LogP contribution is 2.16. The highest BCUT2D eigenvalue weighted by atomic mass is 16.2. The van der Waals surface area contributed by atoms with Crippen LogP contribution in [0.1, 0.15) is 39.5 Å². The molecule has 0 spiro atoms. The zero-order valence-corrected chi connectivity index (χ0v) is 19.3. The number of benzene rings is 1. The molecule has 1 saturated heterocycles. The van der Waals surface area contributed by atoms with Crippen LogP contribution in [0, 0.1) is 11.3 Å². The van der Waals surface area contributed by atoms with Crippen LogP contribution in [0.15, 0.2) is 30.3 Å². The first kappa shape index (κ1) is 25.3. The monoisotopic (exact) mass is 441 g/mol. The van der Waals surface area contributed by atoms with Crippen molar-refractivity contribution in [3.05, 3.63) is 30.3 Å². The Kier molecular flexibility index (Phi) is 10.7. The molecule has 0 aliphatic carbocycles. The minimum absolute atomic E-state index is 0.0384. The van der Waals surface area contributed by atoms with Crippen LogP contribution in [-0.4, -0.2) is 84.8 Å². The van der Waals surface area contributed by atoms with Gasteiger partial charge in [0.2, 0.25) is 17.7 Å². The van der Waals surface area contributed by atoms with Crippen molar-refractivity contribution in [1.29, 1.82) is 5.26 Å². The fourth-order valence-corrected chi connectivity index (χ4v) is 3.92. The third kappa shape index (κ3) is 7.65. The van der Waals surface area contributed by atoms with Crippen molar-refractivity contribution in [2.45, 2.75) is 39.5 Å². The van der Waals surface area contributed by atoms with E-state index in [0.29, 0.717) is 45.8 Å². The lowest BCUT2D eigenvalue weighted by molar-refractivity contribution is -0.133. The fraction of sp³-hybridized carbons (Fsp3) is 0.583. The maximum absolute atomic E-state index is 12.8. The highest BCUT2D eigenvalue weighted by Gasteiger charge is 2.23. The number of rotatable bonds is 10. The Labute approximate surface area is 191 Å². The topological polar surface area (TPSA) is 88.0 Å². The van der Waals surface area contributed by atoms with Crippen LogP contribution in [0.4, 0.5) is 5.69 Å².